The monoisotopic (exact) mass is 455 g/mol. The van der Waals surface area contributed by atoms with Gasteiger partial charge in [-0.15, -0.1) is 0 Å². The van der Waals surface area contributed by atoms with Gasteiger partial charge in [-0.25, -0.2) is 0 Å². The summed E-state index contributed by atoms with van der Waals surface area (Å²) in [5, 5.41) is 7.40. The molecule has 144 valence electrons. The van der Waals surface area contributed by atoms with Crippen LogP contribution in [0.3, 0.4) is 0 Å². The molecule has 0 unspecified atom stereocenters. The van der Waals surface area contributed by atoms with Gasteiger partial charge in [-0.2, -0.15) is 0 Å². The van der Waals surface area contributed by atoms with Gasteiger partial charge in [0.2, 0.25) is 0 Å². The van der Waals surface area contributed by atoms with Crippen LogP contribution in [0.2, 0.25) is 13.3 Å². The summed E-state index contributed by atoms with van der Waals surface area (Å²) in [4.78, 5) is 4.55. The molecule has 0 aromatic heterocycles. The van der Waals surface area contributed by atoms with Crippen LogP contribution >= 0.6 is 0 Å². The van der Waals surface area contributed by atoms with E-state index in [4.69, 9.17) is 0 Å². The van der Waals surface area contributed by atoms with Crippen molar-refractivity contribution in [2.24, 2.45) is 4.99 Å². The Labute approximate surface area is 160 Å². The van der Waals surface area contributed by atoms with Gasteiger partial charge in [0, 0.05) is 0 Å². The number of nitrogens with one attached hydrogen (secondary N) is 2. The first-order valence-electron chi connectivity index (χ1n) is 10.6. The van der Waals surface area contributed by atoms with E-state index in [-0.39, 0.29) is 0 Å². The fraction of sp³-hybridized carbons (Fsp3) is 0.762. The van der Waals surface area contributed by atoms with Crippen molar-refractivity contribution in [3.63, 3.8) is 0 Å². The topological polar surface area (TPSA) is 36.4 Å². The molecule has 4 heteroatoms. The number of amidine groups is 1. The van der Waals surface area contributed by atoms with Crippen molar-refractivity contribution < 1.29 is 0 Å². The van der Waals surface area contributed by atoms with Crippen molar-refractivity contribution in [1.29, 1.82) is 0 Å². The van der Waals surface area contributed by atoms with E-state index >= 15 is 0 Å². The zero-order valence-corrected chi connectivity index (χ0v) is 20.2. The fourth-order valence-electron chi connectivity index (χ4n) is 3.68. The van der Waals surface area contributed by atoms with E-state index in [1.54, 1.807) is 3.71 Å². The second-order valence-corrected chi connectivity index (χ2v) is 20.5. The summed E-state index contributed by atoms with van der Waals surface area (Å²) in [7, 11) is 1.91. The third-order valence-corrected chi connectivity index (χ3v) is 20.6. The Bertz CT molecular complexity index is 444. The Morgan fingerprint density at radius 1 is 0.920 bits per heavy atom. The minimum atomic E-state index is -2.40. The molecule has 0 fully saturated rings. The normalized spacial score (nSPS) is 18.2. The van der Waals surface area contributed by atoms with E-state index in [0.29, 0.717) is 0 Å². The third kappa shape index (κ3) is 6.99. The van der Waals surface area contributed by atoms with Gasteiger partial charge in [-0.3, -0.25) is 0 Å². The average molecular weight is 454 g/mol. The van der Waals surface area contributed by atoms with Gasteiger partial charge in [0.05, 0.1) is 0 Å². The van der Waals surface area contributed by atoms with Crippen LogP contribution in [0, 0.1) is 0 Å². The van der Waals surface area contributed by atoms with Crippen LogP contribution < -0.4 is 10.6 Å². The first-order chi connectivity index (χ1) is 12.2. The van der Waals surface area contributed by atoms with Crippen LogP contribution in [0.25, 0.3) is 0 Å². The molecule has 1 heterocycles. The molecule has 0 amide bonds. The number of unbranched alkanes of at least 4 members (excludes halogenated alkanes) is 4. The zero-order valence-electron chi connectivity index (χ0n) is 17.4. The van der Waals surface area contributed by atoms with E-state index in [0.717, 1.165) is 18.0 Å². The van der Waals surface area contributed by atoms with Gasteiger partial charge in [0.1, 0.15) is 0 Å². The van der Waals surface area contributed by atoms with E-state index in [1.807, 2.05) is 7.05 Å². The maximum atomic E-state index is 4.55. The van der Waals surface area contributed by atoms with Crippen LogP contribution in [0.15, 0.2) is 26.7 Å². The van der Waals surface area contributed by atoms with Crippen molar-refractivity contribution in [3.8, 4) is 0 Å². The summed E-state index contributed by atoms with van der Waals surface area (Å²) in [6.45, 7) is 9.23. The first kappa shape index (κ1) is 22.6. The third-order valence-electron chi connectivity index (χ3n) is 5.34. The molecular formula is C21H41N3Sn. The molecule has 0 aromatic rings. The van der Waals surface area contributed by atoms with Crippen LogP contribution in [0.4, 0.5) is 0 Å². The van der Waals surface area contributed by atoms with Crippen LogP contribution in [0.1, 0.15) is 79.1 Å². The van der Waals surface area contributed by atoms with Gasteiger partial charge < -0.3 is 0 Å². The van der Waals surface area contributed by atoms with Crippen LogP contribution in [-0.4, -0.2) is 31.3 Å². The molecule has 1 rings (SSSR count). The summed E-state index contributed by atoms with van der Waals surface area (Å²) < 4.78 is 6.02. The van der Waals surface area contributed by atoms with Crippen LogP contribution in [0.5, 0.6) is 0 Å². The van der Waals surface area contributed by atoms with Gasteiger partial charge in [-0.1, -0.05) is 0 Å². The SMILES string of the molecule is CCC/C=C1\NC=[C]([Sn]([CH2]CCC)([CH2]CCC)[CH2]CCC)NC1=NC. The molecule has 1 aliphatic rings. The summed E-state index contributed by atoms with van der Waals surface area (Å²) in [6, 6.07) is 0. The number of rotatable bonds is 12. The molecule has 0 bridgehead atoms. The predicted octanol–water partition coefficient (Wildman–Crippen LogP) is 6.12. The predicted molar refractivity (Wildman–Crippen MR) is 116 cm³/mol. The van der Waals surface area contributed by atoms with Crippen molar-refractivity contribution in [3.05, 3.63) is 21.7 Å². The molecule has 0 atom stereocenters. The maximum absolute atomic E-state index is 4.55. The van der Waals surface area contributed by atoms with Crippen molar-refractivity contribution >= 4 is 24.2 Å². The fourth-order valence-corrected chi connectivity index (χ4v) is 19.1. The molecule has 0 aromatic carbocycles. The zero-order chi connectivity index (χ0) is 18.5. The Kier molecular flexibility index (Phi) is 11.6. The van der Waals surface area contributed by atoms with E-state index in [1.165, 1.54) is 58.3 Å². The van der Waals surface area contributed by atoms with E-state index < -0.39 is 18.4 Å². The van der Waals surface area contributed by atoms with Crippen LogP contribution in [-0.2, 0) is 0 Å². The molecule has 0 aliphatic carbocycles. The molecule has 0 saturated carbocycles. The molecule has 3 nitrogen and oxygen atoms in total. The Hall–Kier alpha value is -0.451. The van der Waals surface area contributed by atoms with Crippen molar-refractivity contribution in [2.45, 2.75) is 92.4 Å². The molecule has 2 N–H and O–H groups in total. The summed E-state index contributed by atoms with van der Waals surface area (Å²) in [6.07, 6.45) is 15.0. The Morgan fingerprint density at radius 2 is 1.48 bits per heavy atom. The summed E-state index contributed by atoms with van der Waals surface area (Å²) in [5.41, 5.74) is 1.16. The van der Waals surface area contributed by atoms with Gasteiger partial charge in [0.15, 0.2) is 0 Å². The average Bonchev–Trinajstić information content (AvgIpc) is 2.66. The molecule has 0 spiro atoms. The second kappa shape index (κ2) is 12.8. The Balaban J connectivity index is 3.11. The molecule has 25 heavy (non-hydrogen) atoms. The van der Waals surface area contributed by atoms with Gasteiger partial charge in [-0.05, 0) is 0 Å². The first-order valence-corrected chi connectivity index (χ1v) is 18.1. The molecule has 1 aliphatic heterocycles. The minimum absolute atomic E-state index is 1.05. The number of hydrogen-bond acceptors (Lipinski definition) is 2. The number of allylic oxidation sites excluding steroid dienone is 1. The van der Waals surface area contributed by atoms with Crippen molar-refractivity contribution in [1.82, 2.24) is 10.6 Å². The summed E-state index contributed by atoms with van der Waals surface area (Å²) >= 11 is -2.40. The summed E-state index contributed by atoms with van der Waals surface area (Å²) in [5.74, 6) is 1.05. The number of aliphatic imine (C=N–C) groups is 1. The van der Waals surface area contributed by atoms with Gasteiger partial charge in [0.25, 0.3) is 0 Å². The standard InChI is InChI=1S/C9H14N3.3C4H9.Sn/c1-3-4-5-8-9(10-2)12-7-6-11-8;3*1-3-4-2;/h5-6,11H,3-4H2,1-2H3,(H,10,12);3*1,3-4H2,2H3;/b8-5-;;;;. The van der Waals surface area contributed by atoms with Crippen molar-refractivity contribution in [2.75, 3.05) is 7.05 Å². The van der Waals surface area contributed by atoms with E-state index in [2.05, 4.69) is 55.6 Å². The molecular weight excluding hydrogens is 413 g/mol. The Morgan fingerprint density at radius 3 is 1.92 bits per heavy atom. The van der Waals surface area contributed by atoms with E-state index in [9.17, 15) is 0 Å². The molecule has 0 saturated heterocycles. The quantitative estimate of drug-likeness (QED) is 0.349. The van der Waals surface area contributed by atoms with Gasteiger partial charge >= 0.3 is 161 Å². The number of nitrogens with zero attached hydrogens (tertiary/aromatic N) is 1. The molecule has 0 radical (unpaired) electrons. The second-order valence-electron chi connectivity index (χ2n) is 7.40. The number of hydrogen-bond donors (Lipinski definition) is 2.